The molecule has 0 aliphatic rings. The fraction of sp³-hybridized carbons (Fsp3) is 0.667. The Bertz CT molecular complexity index is 308. The van der Waals surface area contributed by atoms with Gasteiger partial charge in [-0.05, 0) is 19.8 Å². The van der Waals surface area contributed by atoms with Gasteiger partial charge < -0.3 is 14.8 Å². The first-order chi connectivity index (χ1) is 8.34. The maximum absolute atomic E-state index is 5.37. The number of nitrogens with zero attached hydrogens (tertiary/aromatic N) is 2. The number of unbranched alkanes of at least 4 members (excludes halogenated alkanes) is 1. The maximum atomic E-state index is 5.37. The third-order valence-corrected chi connectivity index (χ3v) is 2.32. The first-order valence-electron chi connectivity index (χ1n) is 5.92. The summed E-state index contributed by atoms with van der Waals surface area (Å²) >= 11 is 0. The molecule has 0 unspecified atom stereocenters. The summed E-state index contributed by atoms with van der Waals surface area (Å²) < 4.78 is 10.3. The van der Waals surface area contributed by atoms with Crippen LogP contribution in [0.4, 0.5) is 5.82 Å². The van der Waals surface area contributed by atoms with Gasteiger partial charge in [0.05, 0.1) is 18.9 Å². The molecule has 0 amide bonds. The van der Waals surface area contributed by atoms with Crippen LogP contribution in [0.1, 0.15) is 18.5 Å². The topological polar surface area (TPSA) is 56.3 Å². The summed E-state index contributed by atoms with van der Waals surface area (Å²) in [7, 11) is 1.68. The van der Waals surface area contributed by atoms with E-state index in [2.05, 4.69) is 15.3 Å². The molecule has 5 nitrogen and oxygen atoms in total. The Morgan fingerprint density at radius 1 is 1.12 bits per heavy atom. The van der Waals surface area contributed by atoms with Crippen LogP contribution >= 0.6 is 0 Å². The first-order valence-corrected chi connectivity index (χ1v) is 5.92. The minimum atomic E-state index is 0.664. The zero-order chi connectivity index (χ0) is 12.3. The standard InChI is InChI=1S/C12H21N3O2/c1-11-12(15-7-6-13-11)14-5-3-4-8-17-10-9-16-2/h6-7H,3-5,8-10H2,1-2H3,(H,14,15). The van der Waals surface area contributed by atoms with E-state index in [1.807, 2.05) is 6.92 Å². The van der Waals surface area contributed by atoms with Gasteiger partial charge in [0.1, 0.15) is 5.82 Å². The number of hydrogen-bond acceptors (Lipinski definition) is 5. The van der Waals surface area contributed by atoms with Crippen LogP contribution in [-0.2, 0) is 9.47 Å². The minimum Gasteiger partial charge on any atom is -0.382 e. The van der Waals surface area contributed by atoms with Gasteiger partial charge in [0.15, 0.2) is 0 Å². The molecule has 0 fully saturated rings. The summed E-state index contributed by atoms with van der Waals surface area (Å²) in [6.07, 6.45) is 5.49. The lowest BCUT2D eigenvalue weighted by Crippen LogP contribution is -2.08. The zero-order valence-electron chi connectivity index (χ0n) is 10.6. The van der Waals surface area contributed by atoms with Gasteiger partial charge >= 0.3 is 0 Å². The van der Waals surface area contributed by atoms with Gasteiger partial charge in [-0.2, -0.15) is 0 Å². The Morgan fingerprint density at radius 3 is 2.71 bits per heavy atom. The Balaban J connectivity index is 1.99. The average molecular weight is 239 g/mol. The molecule has 1 aromatic heterocycles. The zero-order valence-corrected chi connectivity index (χ0v) is 10.6. The Hall–Kier alpha value is -1.20. The highest BCUT2D eigenvalue weighted by Gasteiger charge is 1.97. The van der Waals surface area contributed by atoms with Crippen molar-refractivity contribution in [2.75, 3.05) is 38.8 Å². The van der Waals surface area contributed by atoms with Crippen molar-refractivity contribution in [3.63, 3.8) is 0 Å². The van der Waals surface area contributed by atoms with Gasteiger partial charge in [0.25, 0.3) is 0 Å². The van der Waals surface area contributed by atoms with Crippen LogP contribution < -0.4 is 5.32 Å². The third kappa shape index (κ3) is 6.19. The molecule has 0 saturated carbocycles. The second kappa shape index (κ2) is 8.90. The molecule has 0 atom stereocenters. The normalized spacial score (nSPS) is 10.5. The highest BCUT2D eigenvalue weighted by atomic mass is 16.5. The van der Waals surface area contributed by atoms with Crippen LogP contribution in [-0.4, -0.2) is 43.4 Å². The molecule has 1 rings (SSSR count). The van der Waals surface area contributed by atoms with Crippen LogP contribution in [0.2, 0.25) is 0 Å². The Labute approximate surface area is 103 Å². The highest BCUT2D eigenvalue weighted by molar-refractivity contribution is 5.37. The lowest BCUT2D eigenvalue weighted by atomic mass is 10.3. The average Bonchev–Trinajstić information content (AvgIpc) is 2.35. The number of hydrogen-bond donors (Lipinski definition) is 1. The molecule has 17 heavy (non-hydrogen) atoms. The largest absolute Gasteiger partial charge is 0.382 e. The second-order valence-corrected chi connectivity index (χ2v) is 3.73. The van der Waals surface area contributed by atoms with Gasteiger partial charge in [-0.1, -0.05) is 0 Å². The summed E-state index contributed by atoms with van der Waals surface area (Å²) in [5.74, 6) is 0.868. The predicted molar refractivity (Wildman–Crippen MR) is 67.2 cm³/mol. The van der Waals surface area contributed by atoms with E-state index in [0.717, 1.165) is 37.5 Å². The Kier molecular flexibility index (Phi) is 7.25. The number of aromatic nitrogens is 2. The van der Waals surface area contributed by atoms with Crippen LogP contribution in [0.5, 0.6) is 0 Å². The third-order valence-electron chi connectivity index (χ3n) is 2.32. The molecule has 0 aliphatic heterocycles. The number of methoxy groups -OCH3 is 1. The van der Waals surface area contributed by atoms with Gasteiger partial charge in [0, 0.05) is 32.7 Å². The molecule has 1 heterocycles. The van der Waals surface area contributed by atoms with Crippen molar-refractivity contribution in [2.45, 2.75) is 19.8 Å². The molecule has 0 radical (unpaired) electrons. The van der Waals surface area contributed by atoms with Crippen LogP contribution in [0, 0.1) is 6.92 Å². The molecular weight excluding hydrogens is 218 g/mol. The van der Waals surface area contributed by atoms with E-state index in [4.69, 9.17) is 9.47 Å². The smallest absolute Gasteiger partial charge is 0.147 e. The van der Waals surface area contributed by atoms with E-state index in [9.17, 15) is 0 Å². The number of aryl methyl sites for hydroxylation is 1. The van der Waals surface area contributed by atoms with E-state index in [0.29, 0.717) is 13.2 Å². The molecule has 0 aromatic carbocycles. The first kappa shape index (κ1) is 13.9. The molecule has 1 aromatic rings. The second-order valence-electron chi connectivity index (χ2n) is 3.73. The predicted octanol–water partition coefficient (Wildman–Crippen LogP) is 1.64. The fourth-order valence-corrected chi connectivity index (χ4v) is 1.36. The lowest BCUT2D eigenvalue weighted by molar-refractivity contribution is 0.0691. The van der Waals surface area contributed by atoms with Gasteiger partial charge in [-0.15, -0.1) is 0 Å². The van der Waals surface area contributed by atoms with Crippen LogP contribution in [0.15, 0.2) is 12.4 Å². The van der Waals surface area contributed by atoms with E-state index in [1.54, 1.807) is 19.5 Å². The van der Waals surface area contributed by atoms with Gasteiger partial charge in [0.2, 0.25) is 0 Å². The summed E-state index contributed by atoms with van der Waals surface area (Å²) in [6.45, 7) is 4.96. The van der Waals surface area contributed by atoms with E-state index < -0.39 is 0 Å². The quantitative estimate of drug-likeness (QED) is 0.664. The Morgan fingerprint density at radius 2 is 1.94 bits per heavy atom. The van der Waals surface area contributed by atoms with Crippen molar-refractivity contribution in [1.82, 2.24) is 9.97 Å². The number of anilines is 1. The van der Waals surface area contributed by atoms with Crippen LogP contribution in [0.25, 0.3) is 0 Å². The minimum absolute atomic E-state index is 0.664. The SMILES string of the molecule is COCCOCCCCNc1nccnc1C. The van der Waals surface area contributed by atoms with Crippen molar-refractivity contribution < 1.29 is 9.47 Å². The summed E-state index contributed by atoms with van der Waals surface area (Å²) in [5.41, 5.74) is 0.934. The molecule has 0 saturated heterocycles. The summed E-state index contributed by atoms with van der Waals surface area (Å²) in [4.78, 5) is 8.38. The summed E-state index contributed by atoms with van der Waals surface area (Å²) in [6, 6.07) is 0. The van der Waals surface area contributed by atoms with Gasteiger partial charge in [-0.25, -0.2) is 4.98 Å². The van der Waals surface area contributed by atoms with Crippen LogP contribution in [0.3, 0.4) is 0 Å². The van der Waals surface area contributed by atoms with E-state index in [-0.39, 0.29) is 0 Å². The number of ether oxygens (including phenoxy) is 2. The molecule has 1 N–H and O–H groups in total. The van der Waals surface area contributed by atoms with Gasteiger partial charge in [-0.3, -0.25) is 4.98 Å². The molecule has 0 spiro atoms. The van der Waals surface area contributed by atoms with Crippen molar-refractivity contribution in [3.05, 3.63) is 18.1 Å². The van der Waals surface area contributed by atoms with E-state index in [1.165, 1.54) is 0 Å². The number of nitrogens with one attached hydrogen (secondary N) is 1. The van der Waals surface area contributed by atoms with Crippen molar-refractivity contribution in [3.8, 4) is 0 Å². The molecule has 96 valence electrons. The molecule has 0 aliphatic carbocycles. The molecular formula is C12H21N3O2. The lowest BCUT2D eigenvalue weighted by Gasteiger charge is -2.07. The highest BCUT2D eigenvalue weighted by Crippen LogP contribution is 2.05. The fourth-order valence-electron chi connectivity index (χ4n) is 1.36. The van der Waals surface area contributed by atoms with E-state index >= 15 is 0 Å². The van der Waals surface area contributed by atoms with Crippen molar-refractivity contribution in [2.24, 2.45) is 0 Å². The maximum Gasteiger partial charge on any atom is 0.147 e. The number of rotatable bonds is 9. The van der Waals surface area contributed by atoms with Crippen molar-refractivity contribution >= 4 is 5.82 Å². The molecule has 0 bridgehead atoms. The van der Waals surface area contributed by atoms with Crippen molar-refractivity contribution in [1.29, 1.82) is 0 Å². The molecule has 5 heteroatoms. The summed E-state index contributed by atoms with van der Waals surface area (Å²) in [5, 5.41) is 3.26. The monoisotopic (exact) mass is 239 g/mol.